The summed E-state index contributed by atoms with van der Waals surface area (Å²) in [7, 11) is 0. The molecule has 0 saturated heterocycles. The van der Waals surface area contributed by atoms with Crippen molar-refractivity contribution in [1.82, 2.24) is 5.32 Å². The molecule has 0 saturated carbocycles. The Morgan fingerprint density at radius 3 is 2.38 bits per heavy atom. The molecule has 0 radical (unpaired) electrons. The summed E-state index contributed by atoms with van der Waals surface area (Å²) in [6.45, 7) is 0. The molecule has 1 atom stereocenters. The summed E-state index contributed by atoms with van der Waals surface area (Å²) in [5, 5.41) is 4.39. The number of hydrogen-bond donors (Lipinski definition) is 1. The highest BCUT2D eigenvalue weighted by Crippen LogP contribution is 2.39. The van der Waals surface area contributed by atoms with E-state index in [4.69, 9.17) is 11.6 Å². The van der Waals surface area contributed by atoms with Crippen molar-refractivity contribution >= 4 is 52.3 Å². The van der Waals surface area contributed by atoms with Crippen LogP contribution in [0.15, 0.2) is 66.0 Å². The quantitative estimate of drug-likeness (QED) is 0.503. The van der Waals surface area contributed by atoms with Crippen molar-refractivity contribution in [2.45, 2.75) is 5.92 Å². The molecule has 0 fully saturated rings. The lowest BCUT2D eigenvalue weighted by Crippen LogP contribution is -2.45. The minimum atomic E-state index is -1.12. The lowest BCUT2D eigenvalue weighted by Gasteiger charge is -2.16. The maximum atomic E-state index is 13.0. The second-order valence-corrected chi connectivity index (χ2v) is 7.66. The first-order valence-electron chi connectivity index (χ1n) is 8.59. The highest BCUT2D eigenvalue weighted by atomic mass is 35.5. The Morgan fingerprint density at radius 1 is 0.966 bits per heavy atom. The molecule has 1 aliphatic rings. The first-order chi connectivity index (χ1) is 14.0. The van der Waals surface area contributed by atoms with E-state index in [1.807, 2.05) is 0 Å². The fourth-order valence-corrected chi connectivity index (χ4v) is 3.99. The molecule has 1 unspecified atom stereocenters. The lowest BCUT2D eigenvalue weighted by molar-refractivity contribution is -0.117. The zero-order valence-electron chi connectivity index (χ0n) is 14.8. The van der Waals surface area contributed by atoms with Gasteiger partial charge in [-0.25, -0.2) is 9.69 Å². The number of fused-ring (bicyclic) bond motifs is 1. The topological polar surface area (TPSA) is 83.6 Å². The minimum absolute atomic E-state index is 0.217. The third kappa shape index (κ3) is 3.46. The summed E-state index contributed by atoms with van der Waals surface area (Å²) >= 11 is 7.03. The Hall–Kier alpha value is -3.29. The fraction of sp³-hybridized carbons (Fsp3) is 0.0476. The fourth-order valence-electron chi connectivity index (χ4n) is 3.17. The summed E-state index contributed by atoms with van der Waals surface area (Å²) in [4.78, 5) is 52.3. The van der Waals surface area contributed by atoms with Crippen LogP contribution in [0.1, 0.15) is 31.5 Å². The van der Waals surface area contributed by atoms with E-state index in [0.29, 0.717) is 15.5 Å². The second-order valence-electron chi connectivity index (χ2n) is 6.27. The van der Waals surface area contributed by atoms with E-state index in [9.17, 15) is 19.2 Å². The smallest absolute Gasteiger partial charge is 0.292 e. The van der Waals surface area contributed by atoms with E-state index in [1.165, 1.54) is 35.6 Å². The molecule has 0 bridgehead atoms. The number of ketones is 1. The van der Waals surface area contributed by atoms with Crippen LogP contribution in [0.3, 0.4) is 0 Å². The molecule has 1 aliphatic heterocycles. The highest BCUT2D eigenvalue weighted by molar-refractivity contribution is 7.12. The van der Waals surface area contributed by atoms with Gasteiger partial charge in [-0.2, -0.15) is 0 Å². The van der Waals surface area contributed by atoms with Crippen molar-refractivity contribution in [3.8, 4) is 0 Å². The monoisotopic (exact) mass is 424 g/mol. The van der Waals surface area contributed by atoms with Crippen LogP contribution in [0.25, 0.3) is 0 Å². The van der Waals surface area contributed by atoms with Gasteiger partial charge in [-0.1, -0.05) is 35.9 Å². The maximum absolute atomic E-state index is 13.0. The zero-order chi connectivity index (χ0) is 20.5. The maximum Gasteiger partial charge on any atom is 0.335 e. The largest absolute Gasteiger partial charge is 0.335 e. The Morgan fingerprint density at radius 2 is 1.69 bits per heavy atom. The highest BCUT2D eigenvalue weighted by Gasteiger charge is 2.45. The van der Waals surface area contributed by atoms with Gasteiger partial charge in [-0.3, -0.25) is 19.7 Å². The van der Waals surface area contributed by atoms with Gasteiger partial charge in [-0.05, 0) is 47.3 Å². The number of anilines is 1. The molecule has 4 amide bonds. The third-order valence-corrected chi connectivity index (χ3v) is 5.65. The van der Waals surface area contributed by atoms with Crippen LogP contribution < -0.4 is 10.2 Å². The predicted octanol–water partition coefficient (Wildman–Crippen LogP) is 4.26. The first-order valence-corrected chi connectivity index (χ1v) is 9.84. The van der Waals surface area contributed by atoms with Crippen molar-refractivity contribution in [3.63, 3.8) is 0 Å². The van der Waals surface area contributed by atoms with E-state index in [1.54, 1.807) is 41.8 Å². The van der Waals surface area contributed by atoms with E-state index < -0.39 is 23.8 Å². The van der Waals surface area contributed by atoms with Gasteiger partial charge < -0.3 is 0 Å². The number of para-hydroxylation sites is 1. The number of Topliss-reactive ketones (excluding diaryl/α,β-unsaturated/α-hetero) is 1. The molecule has 144 valence electrons. The predicted molar refractivity (Wildman–Crippen MR) is 110 cm³/mol. The molecule has 6 nitrogen and oxygen atoms in total. The molecule has 0 spiro atoms. The normalized spacial score (nSPS) is 15.1. The molecular weight excluding hydrogens is 412 g/mol. The van der Waals surface area contributed by atoms with E-state index in [2.05, 4.69) is 5.32 Å². The SMILES string of the molecule is O=C(NC(=O)N1C(=O)C(C(=O)c2cccs2)c2ccccc21)c1ccc(Cl)cc1. The number of carbonyl (C=O) groups is 4. The van der Waals surface area contributed by atoms with Crippen LogP contribution in [0, 0.1) is 0 Å². The summed E-state index contributed by atoms with van der Waals surface area (Å²) in [6.07, 6.45) is 0. The number of halogens is 1. The van der Waals surface area contributed by atoms with Crippen LogP contribution >= 0.6 is 22.9 Å². The van der Waals surface area contributed by atoms with Gasteiger partial charge in [0.05, 0.1) is 10.6 Å². The van der Waals surface area contributed by atoms with Crippen molar-refractivity contribution < 1.29 is 19.2 Å². The average Bonchev–Trinajstić information content (AvgIpc) is 3.34. The Bertz CT molecular complexity index is 1130. The number of imide groups is 2. The number of thiophene rings is 1. The number of urea groups is 1. The molecule has 4 rings (SSSR count). The molecule has 2 aromatic carbocycles. The minimum Gasteiger partial charge on any atom is -0.292 e. The average molecular weight is 425 g/mol. The number of rotatable bonds is 3. The standard InChI is InChI=1S/C21H13ClN2O4S/c22-13-9-7-12(8-10-13)19(26)23-21(28)24-15-5-2-1-4-14(15)17(20(24)27)18(25)16-6-3-11-29-16/h1-11,17H,(H,23,26,28). The van der Waals surface area contributed by atoms with Gasteiger partial charge >= 0.3 is 6.03 Å². The Labute approximate surface area is 174 Å². The van der Waals surface area contributed by atoms with Gasteiger partial charge in [0.1, 0.15) is 5.92 Å². The van der Waals surface area contributed by atoms with Crippen LogP contribution in [0.2, 0.25) is 5.02 Å². The van der Waals surface area contributed by atoms with Gasteiger partial charge in [-0.15, -0.1) is 11.3 Å². The van der Waals surface area contributed by atoms with Crippen molar-refractivity contribution in [2.24, 2.45) is 0 Å². The molecule has 8 heteroatoms. The van der Waals surface area contributed by atoms with Crippen LogP contribution in [-0.2, 0) is 4.79 Å². The van der Waals surface area contributed by atoms with E-state index >= 15 is 0 Å². The van der Waals surface area contributed by atoms with Crippen LogP contribution in [0.5, 0.6) is 0 Å². The molecule has 1 N–H and O–H groups in total. The molecular formula is C21H13ClN2O4S. The molecule has 29 heavy (non-hydrogen) atoms. The number of nitrogens with one attached hydrogen (secondary N) is 1. The Kier molecular flexibility index (Phi) is 5.00. The summed E-state index contributed by atoms with van der Waals surface area (Å²) < 4.78 is 0. The lowest BCUT2D eigenvalue weighted by atomic mass is 9.95. The summed E-state index contributed by atoms with van der Waals surface area (Å²) in [5.41, 5.74) is 0.938. The molecule has 1 aromatic heterocycles. The van der Waals surface area contributed by atoms with Crippen molar-refractivity contribution in [1.29, 1.82) is 0 Å². The molecule has 0 aliphatic carbocycles. The third-order valence-electron chi connectivity index (χ3n) is 4.51. The summed E-state index contributed by atoms with van der Waals surface area (Å²) in [6, 6.07) is 15.0. The van der Waals surface area contributed by atoms with Gasteiger partial charge in [0.15, 0.2) is 5.78 Å². The van der Waals surface area contributed by atoms with Crippen LogP contribution in [-0.4, -0.2) is 23.6 Å². The van der Waals surface area contributed by atoms with Crippen molar-refractivity contribution in [3.05, 3.63) is 87.1 Å². The van der Waals surface area contributed by atoms with Gasteiger partial charge in [0.2, 0.25) is 0 Å². The van der Waals surface area contributed by atoms with E-state index in [0.717, 1.165) is 4.90 Å². The first kappa shape index (κ1) is 19.0. The van der Waals surface area contributed by atoms with Crippen LogP contribution in [0.4, 0.5) is 10.5 Å². The molecule has 2 heterocycles. The van der Waals surface area contributed by atoms with Gasteiger partial charge in [0.25, 0.3) is 11.8 Å². The van der Waals surface area contributed by atoms with Gasteiger partial charge in [0, 0.05) is 10.6 Å². The number of benzene rings is 2. The Balaban J connectivity index is 1.63. The molecule has 3 aromatic rings. The number of nitrogens with zero attached hydrogens (tertiary/aromatic N) is 1. The second kappa shape index (κ2) is 7.62. The number of hydrogen-bond acceptors (Lipinski definition) is 5. The summed E-state index contributed by atoms with van der Waals surface area (Å²) in [5.74, 6) is -2.87. The van der Waals surface area contributed by atoms with Crippen molar-refractivity contribution in [2.75, 3.05) is 4.90 Å². The number of amides is 4. The van der Waals surface area contributed by atoms with E-state index in [-0.39, 0.29) is 17.0 Å². The zero-order valence-corrected chi connectivity index (χ0v) is 16.4. The number of carbonyl (C=O) groups excluding carboxylic acids is 4.